The zero-order valence-electron chi connectivity index (χ0n) is 12.1. The maximum absolute atomic E-state index is 6.36. The molecule has 5 heteroatoms. The first-order valence-corrected chi connectivity index (χ1v) is 7.99. The van der Waals surface area contributed by atoms with Gasteiger partial charge < -0.3 is 10.2 Å². The molecule has 0 radical (unpaired) electrons. The molecule has 0 bridgehead atoms. The third-order valence-electron chi connectivity index (χ3n) is 3.08. The molecule has 0 atom stereocenters. The fourth-order valence-corrected chi connectivity index (χ4v) is 2.82. The summed E-state index contributed by atoms with van der Waals surface area (Å²) in [5, 5.41) is 6.31. The molecule has 108 valence electrons. The van der Waals surface area contributed by atoms with Crippen molar-refractivity contribution in [2.24, 2.45) is 0 Å². The number of hydrogen-bond donors (Lipinski definition) is 1. The van der Waals surface area contributed by atoms with Crippen LogP contribution < -0.4 is 10.2 Å². The SMILES string of the molecule is CC(C)NCc1c(Cl)cccc1N(C)Cc1cscn1. The molecule has 0 saturated heterocycles. The van der Waals surface area contributed by atoms with E-state index in [1.807, 2.05) is 17.6 Å². The molecule has 0 fully saturated rings. The molecule has 1 N–H and O–H groups in total. The standard InChI is InChI=1S/C15H20ClN3S/c1-11(2)17-7-13-14(16)5-4-6-15(13)19(3)8-12-9-20-10-18-12/h4-6,9-11,17H,7-8H2,1-3H3. The topological polar surface area (TPSA) is 28.2 Å². The van der Waals surface area contributed by atoms with Crippen LogP contribution >= 0.6 is 22.9 Å². The van der Waals surface area contributed by atoms with Crippen LogP contribution in [0, 0.1) is 0 Å². The van der Waals surface area contributed by atoms with Crippen LogP contribution in [0.5, 0.6) is 0 Å². The van der Waals surface area contributed by atoms with E-state index >= 15 is 0 Å². The first-order chi connectivity index (χ1) is 9.58. The molecule has 0 aliphatic rings. The van der Waals surface area contributed by atoms with E-state index in [0.29, 0.717) is 6.04 Å². The molecule has 0 aliphatic carbocycles. The molecule has 20 heavy (non-hydrogen) atoms. The van der Waals surface area contributed by atoms with Gasteiger partial charge in [0.15, 0.2) is 0 Å². The lowest BCUT2D eigenvalue weighted by molar-refractivity contribution is 0.588. The van der Waals surface area contributed by atoms with E-state index in [1.54, 1.807) is 11.3 Å². The van der Waals surface area contributed by atoms with Crippen LogP contribution in [-0.2, 0) is 13.1 Å². The number of halogens is 1. The molecular weight excluding hydrogens is 290 g/mol. The highest BCUT2D eigenvalue weighted by molar-refractivity contribution is 7.07. The molecule has 1 aromatic heterocycles. The number of hydrogen-bond acceptors (Lipinski definition) is 4. The van der Waals surface area contributed by atoms with Crippen molar-refractivity contribution in [3.05, 3.63) is 45.4 Å². The van der Waals surface area contributed by atoms with Crippen LogP contribution in [0.4, 0.5) is 5.69 Å². The number of nitrogens with zero attached hydrogens (tertiary/aromatic N) is 2. The van der Waals surface area contributed by atoms with Gasteiger partial charge in [-0.1, -0.05) is 31.5 Å². The second-order valence-corrected chi connectivity index (χ2v) is 6.23. The highest BCUT2D eigenvalue weighted by Crippen LogP contribution is 2.28. The quantitative estimate of drug-likeness (QED) is 0.876. The van der Waals surface area contributed by atoms with Crippen molar-refractivity contribution in [2.75, 3.05) is 11.9 Å². The van der Waals surface area contributed by atoms with Crippen molar-refractivity contribution >= 4 is 28.6 Å². The fraction of sp³-hybridized carbons (Fsp3) is 0.400. The number of anilines is 1. The number of thiazole rings is 1. The summed E-state index contributed by atoms with van der Waals surface area (Å²) in [4.78, 5) is 6.53. The first-order valence-electron chi connectivity index (χ1n) is 6.67. The Balaban J connectivity index is 2.19. The summed E-state index contributed by atoms with van der Waals surface area (Å²) in [7, 11) is 2.07. The van der Waals surface area contributed by atoms with Crippen LogP contribution in [0.3, 0.4) is 0 Å². The predicted molar refractivity (Wildman–Crippen MR) is 87.6 cm³/mol. The van der Waals surface area contributed by atoms with E-state index in [2.05, 4.69) is 47.5 Å². The second-order valence-electron chi connectivity index (χ2n) is 5.11. The Labute approximate surface area is 129 Å². The lowest BCUT2D eigenvalue weighted by Crippen LogP contribution is -2.25. The lowest BCUT2D eigenvalue weighted by atomic mass is 10.1. The van der Waals surface area contributed by atoms with Crippen LogP contribution in [0.15, 0.2) is 29.1 Å². The molecule has 1 heterocycles. The molecule has 0 aliphatic heterocycles. The van der Waals surface area contributed by atoms with Gasteiger partial charge in [-0.15, -0.1) is 11.3 Å². The van der Waals surface area contributed by atoms with E-state index in [0.717, 1.165) is 35.1 Å². The van der Waals surface area contributed by atoms with Crippen molar-refractivity contribution in [1.29, 1.82) is 0 Å². The zero-order chi connectivity index (χ0) is 14.5. The van der Waals surface area contributed by atoms with Gasteiger partial charge in [0, 0.05) is 41.3 Å². The zero-order valence-corrected chi connectivity index (χ0v) is 13.6. The van der Waals surface area contributed by atoms with Gasteiger partial charge in [-0.3, -0.25) is 0 Å². The average Bonchev–Trinajstić information content (AvgIpc) is 2.89. The summed E-state index contributed by atoms with van der Waals surface area (Å²) in [5.74, 6) is 0. The predicted octanol–water partition coefficient (Wildman–Crippen LogP) is 3.93. The van der Waals surface area contributed by atoms with E-state index < -0.39 is 0 Å². The van der Waals surface area contributed by atoms with Gasteiger partial charge in [0.2, 0.25) is 0 Å². The summed E-state index contributed by atoms with van der Waals surface area (Å²) < 4.78 is 0. The molecule has 0 unspecified atom stereocenters. The van der Waals surface area contributed by atoms with E-state index in [1.165, 1.54) is 0 Å². The van der Waals surface area contributed by atoms with Gasteiger partial charge in [0.1, 0.15) is 0 Å². The Morgan fingerprint density at radius 3 is 2.85 bits per heavy atom. The summed E-state index contributed by atoms with van der Waals surface area (Å²) >= 11 is 7.98. The van der Waals surface area contributed by atoms with E-state index in [9.17, 15) is 0 Å². The number of benzene rings is 1. The molecule has 0 spiro atoms. The minimum Gasteiger partial charge on any atom is -0.368 e. The lowest BCUT2D eigenvalue weighted by Gasteiger charge is -2.23. The van der Waals surface area contributed by atoms with Crippen molar-refractivity contribution in [3.63, 3.8) is 0 Å². The Kier molecular flexibility index (Phi) is 5.40. The largest absolute Gasteiger partial charge is 0.368 e. The van der Waals surface area contributed by atoms with E-state index in [4.69, 9.17) is 11.6 Å². The van der Waals surface area contributed by atoms with Gasteiger partial charge >= 0.3 is 0 Å². The highest BCUT2D eigenvalue weighted by Gasteiger charge is 2.12. The van der Waals surface area contributed by atoms with Crippen molar-refractivity contribution in [1.82, 2.24) is 10.3 Å². The van der Waals surface area contributed by atoms with Crippen molar-refractivity contribution in [3.8, 4) is 0 Å². The number of rotatable bonds is 6. The summed E-state index contributed by atoms with van der Waals surface area (Å²) in [5.41, 5.74) is 5.24. The highest BCUT2D eigenvalue weighted by atomic mass is 35.5. The van der Waals surface area contributed by atoms with Crippen LogP contribution in [0.1, 0.15) is 25.1 Å². The monoisotopic (exact) mass is 309 g/mol. The summed E-state index contributed by atoms with van der Waals surface area (Å²) in [6, 6.07) is 6.48. The van der Waals surface area contributed by atoms with Gasteiger partial charge in [-0.25, -0.2) is 4.98 Å². The van der Waals surface area contributed by atoms with Gasteiger partial charge in [0.25, 0.3) is 0 Å². The smallest absolute Gasteiger partial charge is 0.0795 e. The van der Waals surface area contributed by atoms with Crippen LogP contribution in [0.2, 0.25) is 5.02 Å². The Hall–Kier alpha value is -1.10. The van der Waals surface area contributed by atoms with Crippen molar-refractivity contribution < 1.29 is 0 Å². The molecule has 0 saturated carbocycles. The maximum atomic E-state index is 6.36. The van der Waals surface area contributed by atoms with E-state index in [-0.39, 0.29) is 0 Å². The van der Waals surface area contributed by atoms with Gasteiger partial charge in [-0.05, 0) is 12.1 Å². The second kappa shape index (κ2) is 7.07. The minimum atomic E-state index is 0.433. The number of aromatic nitrogens is 1. The number of nitrogens with one attached hydrogen (secondary N) is 1. The molecule has 2 aromatic rings. The average molecular weight is 310 g/mol. The normalized spacial score (nSPS) is 11.1. The summed E-state index contributed by atoms with van der Waals surface area (Å²) in [6.45, 7) is 5.83. The molecule has 1 aromatic carbocycles. The molecule has 2 rings (SSSR count). The Bertz CT molecular complexity index is 540. The van der Waals surface area contributed by atoms with Gasteiger partial charge in [0.05, 0.1) is 17.7 Å². The van der Waals surface area contributed by atoms with Crippen LogP contribution in [-0.4, -0.2) is 18.1 Å². The first kappa shape index (κ1) is 15.3. The minimum absolute atomic E-state index is 0.433. The van der Waals surface area contributed by atoms with Crippen LogP contribution in [0.25, 0.3) is 0 Å². The third-order valence-corrected chi connectivity index (χ3v) is 4.06. The Morgan fingerprint density at radius 2 is 2.20 bits per heavy atom. The fourth-order valence-electron chi connectivity index (χ4n) is 2.03. The van der Waals surface area contributed by atoms with Crippen molar-refractivity contribution in [2.45, 2.75) is 33.0 Å². The molecule has 3 nitrogen and oxygen atoms in total. The Morgan fingerprint density at radius 1 is 1.40 bits per heavy atom. The van der Waals surface area contributed by atoms with Gasteiger partial charge in [-0.2, -0.15) is 0 Å². The third kappa shape index (κ3) is 3.95. The molecular formula is C15H20ClN3S. The molecule has 0 amide bonds. The maximum Gasteiger partial charge on any atom is 0.0795 e. The summed E-state index contributed by atoms with van der Waals surface area (Å²) in [6.07, 6.45) is 0.